The van der Waals surface area contributed by atoms with Crippen molar-refractivity contribution >= 4 is 39.9 Å². The van der Waals surface area contributed by atoms with Crippen molar-refractivity contribution in [2.75, 3.05) is 25.0 Å². The minimum Gasteiger partial charge on any atom is -0.352 e. The zero-order valence-corrected chi connectivity index (χ0v) is 17.7. The molecule has 150 valence electrons. The van der Waals surface area contributed by atoms with E-state index < -0.39 is 0 Å². The Morgan fingerprint density at radius 3 is 2.71 bits per heavy atom. The van der Waals surface area contributed by atoms with Gasteiger partial charge in [-0.15, -0.1) is 11.3 Å². The van der Waals surface area contributed by atoms with Crippen molar-refractivity contribution in [2.24, 2.45) is 5.92 Å². The molecular weight excluding hydrogens is 396 g/mol. The molecule has 1 aliphatic rings. The Labute approximate surface area is 174 Å². The summed E-state index contributed by atoms with van der Waals surface area (Å²) in [6.45, 7) is 6.09. The van der Waals surface area contributed by atoms with Gasteiger partial charge in [-0.05, 0) is 50.9 Å². The van der Waals surface area contributed by atoms with Crippen molar-refractivity contribution in [3.05, 3.63) is 45.4 Å². The highest BCUT2D eigenvalue weighted by molar-refractivity contribution is 7.15. The molecule has 28 heavy (non-hydrogen) atoms. The van der Waals surface area contributed by atoms with Crippen molar-refractivity contribution in [3.8, 4) is 0 Å². The summed E-state index contributed by atoms with van der Waals surface area (Å²) in [5, 5.41) is 7.17. The number of aryl methyl sites for hydroxylation is 2. The Bertz CT molecular complexity index is 818. The average Bonchev–Trinajstić information content (AvgIpc) is 2.98. The van der Waals surface area contributed by atoms with Crippen molar-refractivity contribution < 1.29 is 9.59 Å². The number of anilines is 1. The molecule has 1 unspecified atom stereocenters. The first-order chi connectivity index (χ1) is 13.4. The maximum atomic E-state index is 12.5. The van der Waals surface area contributed by atoms with Gasteiger partial charge in [0.05, 0.1) is 18.2 Å². The second-order valence-electron chi connectivity index (χ2n) is 7.13. The van der Waals surface area contributed by atoms with Crippen LogP contribution in [0.5, 0.6) is 0 Å². The van der Waals surface area contributed by atoms with Crippen LogP contribution < -0.4 is 10.6 Å². The summed E-state index contributed by atoms with van der Waals surface area (Å²) in [6, 6.07) is 7.44. The van der Waals surface area contributed by atoms with E-state index in [0.717, 1.165) is 35.5 Å². The smallest absolute Gasteiger partial charge is 0.240 e. The third-order valence-corrected chi connectivity index (χ3v) is 6.14. The van der Waals surface area contributed by atoms with Gasteiger partial charge in [-0.1, -0.05) is 23.7 Å². The van der Waals surface area contributed by atoms with E-state index in [-0.39, 0.29) is 24.3 Å². The molecule has 0 aliphatic carbocycles. The molecule has 0 spiro atoms. The SMILES string of the molecule is Cc1nc(NC(=O)CN2CCCC(C(=O)NCc3ccc(Cl)cc3)C2)sc1C. The molecule has 0 bridgehead atoms. The number of amides is 2. The lowest BCUT2D eigenvalue weighted by Gasteiger charge is -2.31. The standard InChI is InChI=1S/C20H25ClN4O2S/c1-13-14(2)28-20(23-13)24-18(26)12-25-9-3-4-16(11-25)19(27)22-10-15-5-7-17(21)8-6-15/h5-8,16H,3-4,9-12H2,1-2H3,(H,22,27)(H,23,24,26). The summed E-state index contributed by atoms with van der Waals surface area (Å²) in [7, 11) is 0. The summed E-state index contributed by atoms with van der Waals surface area (Å²) in [4.78, 5) is 32.3. The largest absolute Gasteiger partial charge is 0.352 e. The van der Waals surface area contributed by atoms with Crippen molar-refractivity contribution in [2.45, 2.75) is 33.2 Å². The molecule has 1 aliphatic heterocycles. The predicted molar refractivity (Wildman–Crippen MR) is 113 cm³/mol. The zero-order valence-electron chi connectivity index (χ0n) is 16.1. The highest BCUT2D eigenvalue weighted by Crippen LogP contribution is 2.21. The minimum absolute atomic E-state index is 0.0335. The topological polar surface area (TPSA) is 74.3 Å². The molecule has 8 heteroatoms. The number of hydrogen-bond donors (Lipinski definition) is 2. The third kappa shape index (κ3) is 5.77. The van der Waals surface area contributed by atoms with Gasteiger partial charge in [0.25, 0.3) is 0 Å². The molecule has 2 amide bonds. The van der Waals surface area contributed by atoms with E-state index in [4.69, 9.17) is 11.6 Å². The molecule has 0 radical (unpaired) electrons. The number of hydrogen-bond acceptors (Lipinski definition) is 5. The molecule has 6 nitrogen and oxygen atoms in total. The third-order valence-electron chi connectivity index (χ3n) is 4.90. The fourth-order valence-electron chi connectivity index (χ4n) is 3.24. The first-order valence-electron chi connectivity index (χ1n) is 9.39. The number of nitrogens with one attached hydrogen (secondary N) is 2. The van der Waals surface area contributed by atoms with Gasteiger partial charge in [0.2, 0.25) is 11.8 Å². The number of likely N-dealkylation sites (tertiary alicyclic amines) is 1. The number of halogens is 1. The number of rotatable bonds is 6. The van der Waals surface area contributed by atoms with Gasteiger partial charge < -0.3 is 10.6 Å². The van der Waals surface area contributed by atoms with Crippen LogP contribution in [0.2, 0.25) is 5.02 Å². The van der Waals surface area contributed by atoms with E-state index in [0.29, 0.717) is 23.2 Å². The Morgan fingerprint density at radius 1 is 1.29 bits per heavy atom. The molecule has 3 rings (SSSR count). The molecular formula is C20H25ClN4O2S. The van der Waals surface area contributed by atoms with Gasteiger partial charge in [-0.3, -0.25) is 14.5 Å². The van der Waals surface area contributed by atoms with Crippen LogP contribution >= 0.6 is 22.9 Å². The molecule has 1 aromatic carbocycles. The summed E-state index contributed by atoms with van der Waals surface area (Å²) in [6.07, 6.45) is 1.75. The summed E-state index contributed by atoms with van der Waals surface area (Å²) < 4.78 is 0. The molecule has 2 N–H and O–H groups in total. The van der Waals surface area contributed by atoms with Crippen molar-refractivity contribution in [1.29, 1.82) is 0 Å². The minimum atomic E-state index is -0.0989. The summed E-state index contributed by atoms with van der Waals surface area (Å²) in [5.74, 6) is -0.152. The second-order valence-corrected chi connectivity index (χ2v) is 8.77. The monoisotopic (exact) mass is 420 g/mol. The molecule has 1 saturated heterocycles. The Morgan fingerprint density at radius 2 is 2.04 bits per heavy atom. The zero-order chi connectivity index (χ0) is 20.1. The van der Waals surface area contributed by atoms with Crippen LogP contribution in [-0.4, -0.2) is 41.3 Å². The second kappa shape index (κ2) is 9.49. The van der Waals surface area contributed by atoms with Crippen LogP contribution in [0.15, 0.2) is 24.3 Å². The lowest BCUT2D eigenvalue weighted by atomic mass is 9.97. The van der Waals surface area contributed by atoms with Crippen molar-refractivity contribution in [3.63, 3.8) is 0 Å². The van der Waals surface area contributed by atoms with E-state index in [9.17, 15) is 9.59 Å². The normalized spacial score (nSPS) is 17.3. The molecule has 2 heterocycles. The molecule has 1 atom stereocenters. The van der Waals surface area contributed by atoms with Gasteiger partial charge >= 0.3 is 0 Å². The van der Waals surface area contributed by atoms with Gasteiger partial charge in [0, 0.05) is 23.0 Å². The predicted octanol–water partition coefficient (Wildman–Crippen LogP) is 3.38. The number of benzene rings is 1. The van der Waals surface area contributed by atoms with Crippen LogP contribution in [0.3, 0.4) is 0 Å². The average molecular weight is 421 g/mol. The van der Waals surface area contributed by atoms with Gasteiger partial charge in [0.1, 0.15) is 0 Å². The van der Waals surface area contributed by atoms with Gasteiger partial charge in [-0.25, -0.2) is 4.98 Å². The van der Waals surface area contributed by atoms with Gasteiger partial charge in [-0.2, -0.15) is 0 Å². The maximum Gasteiger partial charge on any atom is 0.240 e. The van der Waals surface area contributed by atoms with E-state index in [1.165, 1.54) is 11.3 Å². The number of nitrogens with zero attached hydrogens (tertiary/aromatic N) is 2. The Balaban J connectivity index is 1.46. The van der Waals surface area contributed by atoms with Crippen LogP contribution in [0.25, 0.3) is 0 Å². The molecule has 0 saturated carbocycles. The fraction of sp³-hybridized carbons (Fsp3) is 0.450. The number of aromatic nitrogens is 1. The van der Waals surface area contributed by atoms with Crippen LogP contribution in [0, 0.1) is 19.8 Å². The summed E-state index contributed by atoms with van der Waals surface area (Å²) >= 11 is 7.37. The van der Waals surface area contributed by atoms with E-state index in [1.807, 2.05) is 43.0 Å². The number of thiazole rings is 1. The first kappa shape index (κ1) is 20.8. The molecule has 2 aromatic rings. The Kier molecular flexibility index (Phi) is 7.04. The van der Waals surface area contributed by atoms with Crippen LogP contribution in [0.1, 0.15) is 29.0 Å². The van der Waals surface area contributed by atoms with Gasteiger partial charge in [0.15, 0.2) is 5.13 Å². The number of carbonyl (C=O) groups excluding carboxylic acids is 2. The van der Waals surface area contributed by atoms with Crippen LogP contribution in [-0.2, 0) is 16.1 Å². The van der Waals surface area contributed by atoms with E-state index in [1.54, 1.807) is 0 Å². The lowest BCUT2D eigenvalue weighted by molar-refractivity contribution is -0.128. The van der Waals surface area contributed by atoms with Crippen LogP contribution in [0.4, 0.5) is 5.13 Å². The Hall–Kier alpha value is -1.96. The maximum absolute atomic E-state index is 12.5. The first-order valence-corrected chi connectivity index (χ1v) is 10.6. The van der Waals surface area contributed by atoms with E-state index in [2.05, 4.69) is 15.6 Å². The quantitative estimate of drug-likeness (QED) is 0.751. The number of carbonyl (C=O) groups is 2. The van der Waals surface area contributed by atoms with E-state index >= 15 is 0 Å². The fourth-order valence-corrected chi connectivity index (χ4v) is 4.19. The summed E-state index contributed by atoms with van der Waals surface area (Å²) in [5.41, 5.74) is 1.95. The molecule has 1 fully saturated rings. The number of piperidine rings is 1. The lowest BCUT2D eigenvalue weighted by Crippen LogP contribution is -2.45. The molecule has 1 aromatic heterocycles. The van der Waals surface area contributed by atoms with Crippen molar-refractivity contribution in [1.82, 2.24) is 15.2 Å². The highest BCUT2D eigenvalue weighted by atomic mass is 35.5. The highest BCUT2D eigenvalue weighted by Gasteiger charge is 2.26.